The average Bonchev–Trinajstić information content (AvgIpc) is 3.55. The van der Waals surface area contributed by atoms with Gasteiger partial charge in [0.1, 0.15) is 11.1 Å². The summed E-state index contributed by atoms with van der Waals surface area (Å²) in [7, 11) is 2.15. The quantitative estimate of drug-likeness (QED) is 0.327. The van der Waals surface area contributed by atoms with Crippen LogP contribution < -0.4 is 10.1 Å². The normalized spacial score (nSPS) is 20.4. The highest BCUT2D eigenvalue weighted by Gasteiger charge is 2.35. The van der Waals surface area contributed by atoms with Gasteiger partial charge in [-0.15, -0.1) is 11.3 Å². The van der Waals surface area contributed by atoms with Crippen molar-refractivity contribution in [2.24, 2.45) is 11.8 Å². The van der Waals surface area contributed by atoms with Gasteiger partial charge in [0.25, 0.3) is 11.8 Å². The number of nitrogens with one attached hydrogen (secondary N) is 1. The predicted octanol–water partition coefficient (Wildman–Crippen LogP) is 5.79. The first-order valence-corrected chi connectivity index (χ1v) is 15.9. The summed E-state index contributed by atoms with van der Waals surface area (Å²) in [6.07, 6.45) is 8.02. The number of fused-ring (bicyclic) bond motifs is 1. The summed E-state index contributed by atoms with van der Waals surface area (Å²) in [6.45, 7) is 6.02. The van der Waals surface area contributed by atoms with Gasteiger partial charge in [-0.25, -0.2) is 4.98 Å². The Bertz CT molecular complexity index is 1340. The van der Waals surface area contributed by atoms with Crippen LogP contribution in [0.1, 0.15) is 66.7 Å². The number of amides is 2. The molecule has 1 aromatic heterocycles. The minimum Gasteiger partial charge on any atom is -0.486 e. The summed E-state index contributed by atoms with van der Waals surface area (Å²) < 4.78 is 6.70. The van der Waals surface area contributed by atoms with Crippen LogP contribution in [0.25, 0.3) is 10.6 Å². The Kier molecular flexibility index (Phi) is 9.92. The first kappa shape index (κ1) is 30.2. The van der Waals surface area contributed by atoms with Gasteiger partial charge >= 0.3 is 0 Å². The topological polar surface area (TPSA) is 95.0 Å². The molecule has 2 N–H and O–H groups in total. The van der Waals surface area contributed by atoms with Crippen LogP contribution in [0, 0.1) is 11.8 Å². The van der Waals surface area contributed by atoms with Crippen LogP contribution in [0.4, 0.5) is 5.69 Å². The number of aliphatic hydroxyl groups excluding tert-OH is 1. The number of aliphatic hydroxyl groups is 1. The van der Waals surface area contributed by atoms with Crippen molar-refractivity contribution in [2.75, 3.05) is 38.6 Å². The van der Waals surface area contributed by atoms with Gasteiger partial charge in [0, 0.05) is 48.3 Å². The number of nitrogens with zero attached hydrogens (tertiary/aromatic N) is 3. The zero-order valence-electron chi connectivity index (χ0n) is 24.8. The molecule has 1 aliphatic heterocycles. The summed E-state index contributed by atoms with van der Waals surface area (Å²) >= 11 is 1.55. The molecule has 0 bridgehead atoms. The molecule has 9 heteroatoms. The molecule has 2 heterocycles. The zero-order valence-corrected chi connectivity index (χ0v) is 25.6. The van der Waals surface area contributed by atoms with E-state index in [0.29, 0.717) is 41.6 Å². The van der Waals surface area contributed by atoms with E-state index in [9.17, 15) is 14.7 Å². The number of carbonyl (C=O) groups excluding carboxylic acids is 2. The molecule has 42 heavy (non-hydrogen) atoms. The van der Waals surface area contributed by atoms with Crippen molar-refractivity contribution < 1.29 is 19.4 Å². The Morgan fingerprint density at radius 2 is 1.93 bits per heavy atom. The van der Waals surface area contributed by atoms with E-state index in [2.05, 4.69) is 29.2 Å². The van der Waals surface area contributed by atoms with Crippen molar-refractivity contribution >= 4 is 28.8 Å². The molecule has 2 amide bonds. The molecule has 1 fully saturated rings. The van der Waals surface area contributed by atoms with Gasteiger partial charge in [-0.05, 0) is 57.0 Å². The highest BCUT2D eigenvalue weighted by Crippen LogP contribution is 2.35. The van der Waals surface area contributed by atoms with Gasteiger partial charge < -0.3 is 25.0 Å². The molecule has 1 aliphatic carbocycles. The number of hydrogen-bond acceptors (Lipinski definition) is 7. The van der Waals surface area contributed by atoms with E-state index >= 15 is 0 Å². The molecule has 1 saturated carbocycles. The van der Waals surface area contributed by atoms with E-state index in [1.165, 1.54) is 32.1 Å². The minimum atomic E-state index is -0.346. The van der Waals surface area contributed by atoms with Crippen LogP contribution in [0.15, 0.2) is 54.0 Å². The highest BCUT2D eigenvalue weighted by molar-refractivity contribution is 7.13. The van der Waals surface area contributed by atoms with Gasteiger partial charge in [0.05, 0.1) is 23.9 Å². The molecule has 3 aromatic rings. The number of hydrogen-bond donors (Lipinski definition) is 2. The lowest BCUT2D eigenvalue weighted by Gasteiger charge is -2.39. The number of rotatable bonds is 9. The standard InChI is InChI=1S/C33H42N4O4S/c1-22-18-37(23(2)21-38)33(40)27-10-7-11-28(30(27)41-29(22)20-36(3)19-24-8-5-4-6-9-24)35-31(39)25-12-14-26(15-13-25)32-34-16-17-42-32/h7,10-17,22-24,29,38H,4-6,8-9,18-21H2,1-3H3,(H,35,39)/t22-,23-,29-/m1/s1. The molecule has 5 rings (SSSR count). The largest absolute Gasteiger partial charge is 0.486 e. The number of anilines is 1. The molecule has 2 aliphatic rings. The summed E-state index contributed by atoms with van der Waals surface area (Å²) in [4.78, 5) is 35.6. The summed E-state index contributed by atoms with van der Waals surface area (Å²) in [6, 6.07) is 12.3. The van der Waals surface area contributed by atoms with E-state index in [1.807, 2.05) is 24.4 Å². The lowest BCUT2D eigenvalue weighted by Crippen LogP contribution is -2.50. The van der Waals surface area contributed by atoms with E-state index in [0.717, 1.165) is 17.1 Å². The molecule has 0 radical (unpaired) electrons. The molecule has 0 spiro atoms. The Labute approximate surface area is 252 Å². The fraction of sp³-hybridized carbons (Fsp3) is 0.485. The first-order chi connectivity index (χ1) is 20.3. The van der Waals surface area contributed by atoms with Gasteiger partial charge in [-0.3, -0.25) is 9.59 Å². The average molecular weight is 591 g/mol. The maximum absolute atomic E-state index is 13.8. The number of ether oxygens (including phenoxy) is 1. The molecule has 0 saturated heterocycles. The fourth-order valence-corrected chi connectivity index (χ4v) is 6.72. The number of benzene rings is 2. The number of para-hydroxylation sites is 1. The third kappa shape index (κ3) is 7.02. The van der Waals surface area contributed by atoms with Crippen molar-refractivity contribution in [3.63, 3.8) is 0 Å². The third-order valence-corrected chi connectivity index (χ3v) is 9.37. The predicted molar refractivity (Wildman–Crippen MR) is 167 cm³/mol. The summed E-state index contributed by atoms with van der Waals surface area (Å²) in [5.74, 6) is 0.590. The molecular weight excluding hydrogens is 548 g/mol. The SMILES string of the molecule is C[C@@H]1CN([C@H](C)CO)C(=O)c2cccc(NC(=O)c3ccc(-c4nccs4)cc3)c2O[C@@H]1CN(C)CC1CCCCC1. The Balaban J connectivity index is 1.41. The summed E-state index contributed by atoms with van der Waals surface area (Å²) in [5, 5.41) is 15.8. The fourth-order valence-electron chi connectivity index (χ4n) is 6.08. The Morgan fingerprint density at radius 3 is 2.62 bits per heavy atom. The number of carbonyl (C=O) groups is 2. The van der Waals surface area contributed by atoms with E-state index in [4.69, 9.17) is 4.74 Å². The van der Waals surface area contributed by atoms with Crippen LogP contribution in [0.5, 0.6) is 5.75 Å². The molecule has 224 valence electrons. The van der Waals surface area contributed by atoms with Crippen LogP contribution >= 0.6 is 11.3 Å². The van der Waals surface area contributed by atoms with Crippen molar-refractivity contribution in [3.05, 3.63) is 65.2 Å². The van der Waals surface area contributed by atoms with Crippen LogP contribution in [0.2, 0.25) is 0 Å². The number of aromatic nitrogens is 1. The molecule has 0 unspecified atom stereocenters. The van der Waals surface area contributed by atoms with E-state index in [1.54, 1.807) is 52.8 Å². The van der Waals surface area contributed by atoms with Crippen LogP contribution in [-0.4, -0.2) is 77.1 Å². The van der Waals surface area contributed by atoms with Crippen molar-refractivity contribution in [1.29, 1.82) is 0 Å². The second kappa shape index (κ2) is 13.8. The van der Waals surface area contributed by atoms with E-state index < -0.39 is 0 Å². The van der Waals surface area contributed by atoms with Gasteiger partial charge in [0.2, 0.25) is 0 Å². The molecule has 3 atom stereocenters. The third-order valence-electron chi connectivity index (χ3n) is 8.55. The van der Waals surface area contributed by atoms with Crippen molar-refractivity contribution in [1.82, 2.24) is 14.8 Å². The Hall–Kier alpha value is -3.27. The first-order valence-electron chi connectivity index (χ1n) is 15.0. The van der Waals surface area contributed by atoms with Gasteiger partial charge in [-0.2, -0.15) is 0 Å². The second-order valence-electron chi connectivity index (χ2n) is 11.9. The Morgan fingerprint density at radius 1 is 1.17 bits per heavy atom. The number of likely N-dealkylation sites (N-methyl/N-ethyl adjacent to an activating group) is 1. The highest BCUT2D eigenvalue weighted by atomic mass is 32.1. The van der Waals surface area contributed by atoms with Gasteiger partial charge in [-0.1, -0.05) is 44.4 Å². The monoisotopic (exact) mass is 590 g/mol. The van der Waals surface area contributed by atoms with Crippen molar-refractivity contribution in [3.8, 4) is 16.3 Å². The van der Waals surface area contributed by atoms with Crippen LogP contribution in [-0.2, 0) is 0 Å². The van der Waals surface area contributed by atoms with E-state index in [-0.39, 0.29) is 36.5 Å². The zero-order chi connectivity index (χ0) is 29.6. The number of thiazole rings is 1. The lowest BCUT2D eigenvalue weighted by atomic mass is 9.89. The lowest BCUT2D eigenvalue weighted by molar-refractivity contribution is 0.0332. The second-order valence-corrected chi connectivity index (χ2v) is 12.8. The maximum atomic E-state index is 13.8. The van der Waals surface area contributed by atoms with Gasteiger partial charge in [0.15, 0.2) is 5.75 Å². The molecular formula is C33H42N4O4S. The smallest absolute Gasteiger partial charge is 0.258 e. The molecule has 2 aromatic carbocycles. The van der Waals surface area contributed by atoms with Crippen LogP contribution in [0.3, 0.4) is 0 Å². The van der Waals surface area contributed by atoms with Crippen molar-refractivity contribution in [2.45, 2.75) is 58.1 Å². The minimum absolute atomic E-state index is 0.00655. The molecule has 8 nitrogen and oxygen atoms in total. The summed E-state index contributed by atoms with van der Waals surface area (Å²) in [5.41, 5.74) is 2.30. The maximum Gasteiger partial charge on any atom is 0.258 e.